The van der Waals surface area contributed by atoms with Crippen LogP contribution in [0.2, 0.25) is 0 Å². The summed E-state index contributed by atoms with van der Waals surface area (Å²) in [5.74, 6) is -1.73. The van der Waals surface area contributed by atoms with Gasteiger partial charge in [-0.25, -0.2) is 0 Å². The second-order valence-electron chi connectivity index (χ2n) is 4.15. The van der Waals surface area contributed by atoms with Crippen LogP contribution in [0.5, 0.6) is 0 Å². The smallest absolute Gasteiger partial charge is 0.307 e. The number of nitro groups is 1. The zero-order valence-corrected chi connectivity index (χ0v) is 8.89. The first-order valence-electron chi connectivity index (χ1n) is 5.44. The summed E-state index contributed by atoms with van der Waals surface area (Å²) in [5.41, 5.74) is 0. The molecule has 0 bridgehead atoms. The van der Waals surface area contributed by atoms with Crippen LogP contribution in [0.4, 0.5) is 0 Å². The zero-order chi connectivity index (χ0) is 11.4. The van der Waals surface area contributed by atoms with Gasteiger partial charge < -0.3 is 5.11 Å². The first kappa shape index (κ1) is 11.9. The minimum absolute atomic E-state index is 0.281. The summed E-state index contributed by atoms with van der Waals surface area (Å²) in [6.45, 7) is 1.78. The largest absolute Gasteiger partial charge is 0.481 e. The molecule has 3 atom stereocenters. The Bertz CT molecular complexity index is 238. The van der Waals surface area contributed by atoms with Gasteiger partial charge in [-0.2, -0.15) is 0 Å². The minimum atomic E-state index is -0.892. The second kappa shape index (κ2) is 5.09. The van der Waals surface area contributed by atoms with Crippen molar-refractivity contribution in [3.05, 3.63) is 10.1 Å². The molecule has 5 heteroatoms. The van der Waals surface area contributed by atoms with Gasteiger partial charge in [0, 0.05) is 17.3 Å². The third-order valence-corrected chi connectivity index (χ3v) is 3.33. The lowest BCUT2D eigenvalue weighted by atomic mass is 9.75. The van der Waals surface area contributed by atoms with Crippen LogP contribution in [0.15, 0.2) is 0 Å². The number of rotatable bonds is 4. The lowest BCUT2D eigenvalue weighted by molar-refractivity contribution is -0.537. The lowest BCUT2D eigenvalue weighted by Gasteiger charge is -2.29. The molecular weight excluding hydrogens is 198 g/mol. The highest BCUT2D eigenvalue weighted by Gasteiger charge is 2.41. The van der Waals surface area contributed by atoms with Gasteiger partial charge in [0.15, 0.2) is 0 Å². The van der Waals surface area contributed by atoms with Gasteiger partial charge in [-0.3, -0.25) is 14.9 Å². The summed E-state index contributed by atoms with van der Waals surface area (Å²) in [5, 5.41) is 19.8. The van der Waals surface area contributed by atoms with E-state index in [1.807, 2.05) is 0 Å². The summed E-state index contributed by atoms with van der Waals surface area (Å²) in [7, 11) is 0. The molecule has 1 aliphatic rings. The van der Waals surface area contributed by atoms with Gasteiger partial charge in [0.05, 0.1) is 5.92 Å². The Morgan fingerprint density at radius 2 is 2.13 bits per heavy atom. The molecule has 1 rings (SSSR count). The van der Waals surface area contributed by atoms with E-state index >= 15 is 0 Å². The Hall–Kier alpha value is -1.13. The van der Waals surface area contributed by atoms with Crippen LogP contribution in [-0.2, 0) is 4.79 Å². The van der Waals surface area contributed by atoms with E-state index in [0.29, 0.717) is 19.3 Å². The number of nitrogens with zero attached hydrogens (tertiary/aromatic N) is 1. The van der Waals surface area contributed by atoms with Gasteiger partial charge in [0.1, 0.15) is 0 Å². The highest BCUT2D eigenvalue weighted by atomic mass is 16.6. The fourth-order valence-electron chi connectivity index (χ4n) is 2.53. The standard InChI is InChI=1S/C10H17NO4/c1-2-7(10(12)13)8-5-3-4-6-9(8)11(14)15/h7-9H,2-6H2,1H3,(H,12,13)/t7-,8-,9+/m0/s1. The molecule has 0 radical (unpaired) electrons. The van der Waals surface area contributed by atoms with E-state index in [0.717, 1.165) is 12.8 Å². The lowest BCUT2D eigenvalue weighted by Crippen LogP contribution is -2.39. The van der Waals surface area contributed by atoms with E-state index in [2.05, 4.69) is 0 Å². The number of hydrogen-bond donors (Lipinski definition) is 1. The summed E-state index contributed by atoms with van der Waals surface area (Å²) in [4.78, 5) is 21.5. The summed E-state index contributed by atoms with van der Waals surface area (Å²) in [6.07, 6.45) is 3.44. The Morgan fingerprint density at radius 3 is 2.60 bits per heavy atom. The fraction of sp³-hybridized carbons (Fsp3) is 0.900. The van der Waals surface area contributed by atoms with Gasteiger partial charge in [-0.05, 0) is 19.3 Å². The maximum atomic E-state index is 11.0. The van der Waals surface area contributed by atoms with Crippen LogP contribution in [0.1, 0.15) is 39.0 Å². The van der Waals surface area contributed by atoms with Crippen LogP contribution in [0.3, 0.4) is 0 Å². The SMILES string of the molecule is CC[C@H](C(=O)O)[C@@H]1CCCC[C@H]1[N+](=O)[O-]. The van der Waals surface area contributed by atoms with E-state index in [4.69, 9.17) is 5.11 Å². The first-order chi connectivity index (χ1) is 7.07. The summed E-state index contributed by atoms with van der Waals surface area (Å²) < 4.78 is 0. The summed E-state index contributed by atoms with van der Waals surface area (Å²) >= 11 is 0. The Kier molecular flexibility index (Phi) is 4.05. The molecule has 0 aromatic carbocycles. The minimum Gasteiger partial charge on any atom is -0.481 e. The van der Waals surface area contributed by atoms with Crippen molar-refractivity contribution in [3.8, 4) is 0 Å². The molecule has 1 fully saturated rings. The maximum Gasteiger partial charge on any atom is 0.307 e. The van der Waals surface area contributed by atoms with Crippen molar-refractivity contribution in [2.45, 2.75) is 45.1 Å². The van der Waals surface area contributed by atoms with E-state index in [9.17, 15) is 14.9 Å². The molecule has 0 saturated heterocycles. The predicted molar refractivity (Wildman–Crippen MR) is 54.2 cm³/mol. The molecule has 5 nitrogen and oxygen atoms in total. The van der Waals surface area contributed by atoms with E-state index in [-0.39, 0.29) is 10.8 Å². The molecule has 0 spiro atoms. The Morgan fingerprint density at radius 1 is 1.53 bits per heavy atom. The molecule has 0 aliphatic heterocycles. The average molecular weight is 215 g/mol. The Balaban J connectivity index is 2.78. The van der Waals surface area contributed by atoms with Crippen molar-refractivity contribution in [2.75, 3.05) is 0 Å². The van der Waals surface area contributed by atoms with Crippen LogP contribution in [-0.4, -0.2) is 22.0 Å². The molecule has 0 amide bonds. The molecule has 86 valence electrons. The number of hydrogen-bond acceptors (Lipinski definition) is 3. The van der Waals surface area contributed by atoms with Crippen LogP contribution in [0.25, 0.3) is 0 Å². The van der Waals surface area contributed by atoms with Crippen molar-refractivity contribution in [3.63, 3.8) is 0 Å². The highest BCUT2D eigenvalue weighted by Crippen LogP contribution is 2.33. The van der Waals surface area contributed by atoms with Gasteiger partial charge in [0.2, 0.25) is 6.04 Å². The molecule has 15 heavy (non-hydrogen) atoms. The first-order valence-corrected chi connectivity index (χ1v) is 5.44. The average Bonchev–Trinajstić information content (AvgIpc) is 2.18. The van der Waals surface area contributed by atoms with E-state index < -0.39 is 17.9 Å². The quantitative estimate of drug-likeness (QED) is 0.574. The topological polar surface area (TPSA) is 80.4 Å². The van der Waals surface area contributed by atoms with Gasteiger partial charge in [0.25, 0.3) is 0 Å². The van der Waals surface area contributed by atoms with Gasteiger partial charge >= 0.3 is 5.97 Å². The number of carboxylic acid groups (broad SMARTS) is 1. The molecule has 1 N–H and O–H groups in total. The van der Waals surface area contributed by atoms with Crippen molar-refractivity contribution in [2.24, 2.45) is 11.8 Å². The molecule has 1 aliphatic carbocycles. The molecular formula is C10H17NO4. The molecule has 0 aromatic rings. The van der Waals surface area contributed by atoms with Gasteiger partial charge in [-0.1, -0.05) is 13.3 Å². The normalized spacial score (nSPS) is 28.3. The van der Waals surface area contributed by atoms with Crippen molar-refractivity contribution in [1.29, 1.82) is 0 Å². The van der Waals surface area contributed by atoms with Crippen molar-refractivity contribution in [1.82, 2.24) is 0 Å². The molecule has 0 unspecified atom stereocenters. The predicted octanol–water partition coefficient (Wildman–Crippen LogP) is 1.93. The number of aliphatic carboxylic acids is 1. The van der Waals surface area contributed by atoms with Crippen LogP contribution < -0.4 is 0 Å². The van der Waals surface area contributed by atoms with Crippen LogP contribution >= 0.6 is 0 Å². The monoisotopic (exact) mass is 215 g/mol. The number of carboxylic acids is 1. The zero-order valence-electron chi connectivity index (χ0n) is 8.89. The third-order valence-electron chi connectivity index (χ3n) is 3.33. The molecule has 0 heterocycles. The maximum absolute atomic E-state index is 11.0. The van der Waals surface area contributed by atoms with Gasteiger partial charge in [-0.15, -0.1) is 0 Å². The highest BCUT2D eigenvalue weighted by molar-refractivity contribution is 5.70. The van der Waals surface area contributed by atoms with Crippen molar-refractivity contribution < 1.29 is 14.8 Å². The van der Waals surface area contributed by atoms with Crippen LogP contribution in [0, 0.1) is 22.0 Å². The third kappa shape index (κ3) is 2.67. The van der Waals surface area contributed by atoms with E-state index in [1.54, 1.807) is 6.92 Å². The molecule has 0 aromatic heterocycles. The number of carbonyl (C=O) groups is 1. The fourth-order valence-corrected chi connectivity index (χ4v) is 2.53. The summed E-state index contributed by atoms with van der Waals surface area (Å²) in [6, 6.07) is -0.653. The van der Waals surface area contributed by atoms with E-state index in [1.165, 1.54) is 0 Å². The molecule has 1 saturated carbocycles. The van der Waals surface area contributed by atoms with Crippen molar-refractivity contribution >= 4 is 5.97 Å². The Labute approximate surface area is 88.6 Å². The second-order valence-corrected chi connectivity index (χ2v) is 4.15.